The summed E-state index contributed by atoms with van der Waals surface area (Å²) in [4.78, 5) is 13.1. The maximum absolute atomic E-state index is 13.5. The first kappa shape index (κ1) is 22.4. The molecule has 1 aliphatic heterocycles. The average molecular weight is 456 g/mol. The highest BCUT2D eigenvalue weighted by Crippen LogP contribution is 2.27. The number of sulfonamides is 1. The lowest BCUT2D eigenvalue weighted by Gasteiger charge is -2.33. The van der Waals surface area contributed by atoms with Gasteiger partial charge >= 0.3 is 0 Å². The summed E-state index contributed by atoms with van der Waals surface area (Å²) >= 11 is 0. The van der Waals surface area contributed by atoms with Gasteiger partial charge < -0.3 is 5.32 Å². The highest BCUT2D eigenvalue weighted by molar-refractivity contribution is 7.89. The van der Waals surface area contributed by atoms with Gasteiger partial charge in [0.15, 0.2) is 0 Å². The molecule has 0 bridgehead atoms. The minimum absolute atomic E-state index is 0.145. The first-order valence-electron chi connectivity index (χ1n) is 11.1. The molecule has 0 saturated carbocycles. The molecule has 4 rings (SSSR count). The zero-order valence-electron chi connectivity index (χ0n) is 18.5. The average Bonchev–Trinajstić information content (AvgIpc) is 3.20. The Bertz CT molecular complexity index is 1220. The second-order valence-electron chi connectivity index (χ2n) is 8.30. The molecule has 170 valence electrons. The number of amides is 1. The van der Waals surface area contributed by atoms with Gasteiger partial charge in [0, 0.05) is 19.6 Å². The van der Waals surface area contributed by atoms with Crippen LogP contribution in [-0.2, 0) is 27.9 Å². The van der Waals surface area contributed by atoms with Gasteiger partial charge in [-0.3, -0.25) is 4.79 Å². The van der Waals surface area contributed by atoms with Gasteiger partial charge in [-0.05, 0) is 49.9 Å². The quantitative estimate of drug-likeness (QED) is 0.591. The van der Waals surface area contributed by atoms with E-state index in [-0.39, 0.29) is 10.8 Å². The van der Waals surface area contributed by atoms with E-state index in [9.17, 15) is 13.2 Å². The predicted octanol–water partition coefficient (Wildman–Crippen LogP) is 3.01. The van der Waals surface area contributed by atoms with Crippen LogP contribution in [0.3, 0.4) is 0 Å². The summed E-state index contributed by atoms with van der Waals surface area (Å²) in [5.41, 5.74) is 3.45. The molecule has 32 heavy (non-hydrogen) atoms. The van der Waals surface area contributed by atoms with Crippen LogP contribution < -0.4 is 5.32 Å². The number of fused-ring (bicyclic) bond motifs is 1. The number of carbonyl (C=O) groups is 1. The van der Waals surface area contributed by atoms with E-state index in [1.807, 2.05) is 38.1 Å². The van der Waals surface area contributed by atoms with Crippen molar-refractivity contribution in [1.29, 1.82) is 0 Å². The maximum atomic E-state index is 13.5. The van der Waals surface area contributed by atoms with E-state index in [1.54, 1.807) is 22.9 Å². The molecule has 2 aromatic carbocycles. The van der Waals surface area contributed by atoms with E-state index >= 15 is 0 Å². The summed E-state index contributed by atoms with van der Waals surface area (Å²) < 4.78 is 30.1. The fraction of sp³-hybridized carbons (Fsp3) is 0.435. The topological polar surface area (TPSA) is 97.2 Å². The Kier molecular flexibility index (Phi) is 6.57. The zero-order valence-corrected chi connectivity index (χ0v) is 19.3. The second-order valence-corrected chi connectivity index (χ2v) is 10.2. The lowest BCUT2D eigenvalue weighted by molar-refractivity contribution is -0.125. The number of nitrogens with one attached hydrogen (secondary N) is 1. The number of hydrogen-bond acceptors (Lipinski definition) is 5. The third kappa shape index (κ3) is 4.54. The molecular weight excluding hydrogens is 426 g/mol. The van der Waals surface area contributed by atoms with E-state index in [0.717, 1.165) is 42.5 Å². The van der Waals surface area contributed by atoms with Gasteiger partial charge in [0.2, 0.25) is 15.9 Å². The number of piperidine rings is 1. The van der Waals surface area contributed by atoms with Crippen LogP contribution >= 0.6 is 0 Å². The van der Waals surface area contributed by atoms with Crippen LogP contribution in [0.15, 0.2) is 47.4 Å². The van der Waals surface area contributed by atoms with E-state index in [2.05, 4.69) is 15.6 Å². The number of rotatable bonds is 7. The Morgan fingerprint density at radius 2 is 2.03 bits per heavy atom. The summed E-state index contributed by atoms with van der Waals surface area (Å²) in [5.74, 6) is -0.259. The van der Waals surface area contributed by atoms with Crippen LogP contribution in [0, 0.1) is 6.92 Å². The van der Waals surface area contributed by atoms with E-state index in [0.29, 0.717) is 25.0 Å². The SMILES string of the molecule is CCCn1nnc2cc(S(=O)(=O)N3CCCC[C@@H]3C(=O)NCc3cccc(C)c3)ccc21. The molecule has 8 nitrogen and oxygen atoms in total. The van der Waals surface area contributed by atoms with Crippen molar-refractivity contribution in [2.75, 3.05) is 6.54 Å². The monoisotopic (exact) mass is 455 g/mol. The van der Waals surface area contributed by atoms with Crippen molar-refractivity contribution in [1.82, 2.24) is 24.6 Å². The fourth-order valence-electron chi connectivity index (χ4n) is 4.21. The third-order valence-electron chi connectivity index (χ3n) is 5.83. The molecule has 1 aromatic heterocycles. The van der Waals surface area contributed by atoms with E-state index in [4.69, 9.17) is 0 Å². The molecule has 0 spiro atoms. The Morgan fingerprint density at radius 1 is 1.19 bits per heavy atom. The van der Waals surface area contributed by atoms with Crippen LogP contribution in [0.4, 0.5) is 0 Å². The van der Waals surface area contributed by atoms with Crippen molar-refractivity contribution in [3.63, 3.8) is 0 Å². The van der Waals surface area contributed by atoms with Crippen LogP contribution in [0.1, 0.15) is 43.7 Å². The number of aromatic nitrogens is 3. The van der Waals surface area contributed by atoms with Crippen LogP contribution in [0.25, 0.3) is 11.0 Å². The number of aryl methyl sites for hydroxylation is 2. The standard InChI is InChI=1S/C23H29N5O3S/c1-3-12-27-21-11-10-19(15-20(21)25-26-27)32(30,31)28-13-5-4-9-22(28)23(29)24-16-18-8-6-7-17(2)14-18/h6-8,10-11,14-15,22H,3-5,9,12-13,16H2,1-2H3,(H,24,29)/t22-/m1/s1. The Hall–Kier alpha value is -2.78. The van der Waals surface area contributed by atoms with Gasteiger partial charge in [-0.2, -0.15) is 4.31 Å². The third-order valence-corrected chi connectivity index (χ3v) is 7.74. The van der Waals surface area contributed by atoms with E-state index in [1.165, 1.54) is 4.31 Å². The highest BCUT2D eigenvalue weighted by Gasteiger charge is 2.37. The Balaban J connectivity index is 1.55. The summed E-state index contributed by atoms with van der Waals surface area (Å²) in [7, 11) is -3.84. The van der Waals surface area contributed by atoms with Gasteiger partial charge in [0.1, 0.15) is 11.6 Å². The minimum atomic E-state index is -3.84. The number of hydrogen-bond donors (Lipinski definition) is 1. The van der Waals surface area contributed by atoms with Crippen molar-refractivity contribution >= 4 is 27.0 Å². The molecule has 9 heteroatoms. The lowest BCUT2D eigenvalue weighted by Crippen LogP contribution is -2.51. The summed E-state index contributed by atoms with van der Waals surface area (Å²) in [5, 5.41) is 11.2. The fourth-order valence-corrected chi connectivity index (χ4v) is 5.89. The van der Waals surface area contributed by atoms with Crippen LogP contribution in [-0.4, -0.2) is 46.2 Å². The maximum Gasteiger partial charge on any atom is 0.243 e. The molecule has 1 amide bonds. The predicted molar refractivity (Wildman–Crippen MR) is 122 cm³/mol. The molecule has 1 aliphatic rings. The number of nitrogens with zero attached hydrogens (tertiary/aromatic N) is 4. The zero-order chi connectivity index (χ0) is 22.7. The lowest BCUT2D eigenvalue weighted by atomic mass is 10.0. The Labute approximate surface area is 188 Å². The largest absolute Gasteiger partial charge is 0.351 e. The molecule has 1 fully saturated rings. The number of benzene rings is 2. The second kappa shape index (κ2) is 9.38. The molecule has 0 aliphatic carbocycles. The molecule has 1 saturated heterocycles. The summed E-state index contributed by atoms with van der Waals surface area (Å²) in [6.45, 7) is 5.46. The van der Waals surface area contributed by atoms with Gasteiger partial charge in [0.25, 0.3) is 0 Å². The van der Waals surface area contributed by atoms with Gasteiger partial charge in [0.05, 0.1) is 10.4 Å². The molecule has 0 radical (unpaired) electrons. The first-order chi connectivity index (χ1) is 15.4. The summed E-state index contributed by atoms with van der Waals surface area (Å²) in [6.07, 6.45) is 2.97. The van der Waals surface area contributed by atoms with Crippen molar-refractivity contribution in [2.45, 2.75) is 63.6 Å². The molecular formula is C23H29N5O3S. The molecule has 0 unspecified atom stereocenters. The first-order valence-corrected chi connectivity index (χ1v) is 12.5. The molecule has 3 aromatic rings. The van der Waals surface area contributed by atoms with Gasteiger partial charge in [-0.15, -0.1) is 5.10 Å². The number of carbonyl (C=O) groups excluding carboxylic acids is 1. The van der Waals surface area contributed by atoms with Crippen molar-refractivity contribution in [3.05, 3.63) is 53.6 Å². The van der Waals surface area contributed by atoms with Crippen LogP contribution in [0.2, 0.25) is 0 Å². The van der Waals surface area contributed by atoms with Crippen molar-refractivity contribution < 1.29 is 13.2 Å². The molecule has 2 heterocycles. The smallest absolute Gasteiger partial charge is 0.243 e. The Morgan fingerprint density at radius 3 is 2.81 bits per heavy atom. The van der Waals surface area contributed by atoms with Crippen molar-refractivity contribution in [2.24, 2.45) is 0 Å². The normalized spacial score (nSPS) is 17.5. The highest BCUT2D eigenvalue weighted by atomic mass is 32.2. The minimum Gasteiger partial charge on any atom is -0.351 e. The van der Waals surface area contributed by atoms with Gasteiger partial charge in [-0.25, -0.2) is 13.1 Å². The van der Waals surface area contributed by atoms with Gasteiger partial charge in [-0.1, -0.05) is 48.4 Å². The van der Waals surface area contributed by atoms with E-state index < -0.39 is 16.1 Å². The summed E-state index contributed by atoms with van der Waals surface area (Å²) in [6, 6.07) is 12.1. The molecule has 1 N–H and O–H groups in total. The van der Waals surface area contributed by atoms with Crippen LogP contribution in [0.5, 0.6) is 0 Å². The van der Waals surface area contributed by atoms with Crippen molar-refractivity contribution in [3.8, 4) is 0 Å². The molecule has 1 atom stereocenters.